The van der Waals surface area contributed by atoms with E-state index in [1.807, 2.05) is 18.2 Å². The Morgan fingerprint density at radius 3 is 2.50 bits per heavy atom. The first-order valence-corrected chi connectivity index (χ1v) is 6.36. The third kappa shape index (κ3) is 2.40. The Labute approximate surface area is 114 Å². The molecule has 2 heterocycles. The molecule has 0 aromatic carbocycles. The number of nitrogens with zero attached hydrogens (tertiary/aromatic N) is 2. The molecule has 20 heavy (non-hydrogen) atoms. The molecule has 1 atom stereocenters. The van der Waals surface area contributed by atoms with Gasteiger partial charge in [0.15, 0.2) is 0 Å². The van der Waals surface area contributed by atoms with Gasteiger partial charge in [-0.3, -0.25) is 9.97 Å². The summed E-state index contributed by atoms with van der Waals surface area (Å²) < 4.78 is 38.2. The summed E-state index contributed by atoms with van der Waals surface area (Å²) in [4.78, 5) is 8.36. The Kier molecular flexibility index (Phi) is 3.20. The number of alkyl halides is 3. The second kappa shape index (κ2) is 4.89. The van der Waals surface area contributed by atoms with E-state index >= 15 is 0 Å². The third-order valence-electron chi connectivity index (χ3n) is 3.58. The summed E-state index contributed by atoms with van der Waals surface area (Å²) in [6, 6.07) is 7.74. The fourth-order valence-electron chi connectivity index (χ4n) is 2.43. The lowest BCUT2D eigenvalue weighted by Crippen LogP contribution is -2.25. The van der Waals surface area contributed by atoms with Gasteiger partial charge in [0, 0.05) is 35.6 Å². The second-order valence-electron chi connectivity index (χ2n) is 4.80. The average Bonchev–Trinajstić information content (AvgIpc) is 2.38. The van der Waals surface area contributed by atoms with Gasteiger partial charge in [-0.25, -0.2) is 0 Å². The highest BCUT2D eigenvalue weighted by atomic mass is 19.4. The third-order valence-corrected chi connectivity index (χ3v) is 3.58. The van der Waals surface area contributed by atoms with E-state index in [9.17, 15) is 13.2 Å². The van der Waals surface area contributed by atoms with Crippen LogP contribution in [0.4, 0.5) is 13.2 Å². The predicted molar refractivity (Wildman–Crippen MR) is 67.8 cm³/mol. The fourth-order valence-corrected chi connectivity index (χ4v) is 2.43. The van der Waals surface area contributed by atoms with Crippen LogP contribution in [0.2, 0.25) is 0 Å². The van der Waals surface area contributed by atoms with Gasteiger partial charge in [-0.2, -0.15) is 13.2 Å². The zero-order chi connectivity index (χ0) is 14.2. The lowest BCUT2D eigenvalue weighted by molar-refractivity contribution is -0.137. The van der Waals surface area contributed by atoms with E-state index in [4.69, 9.17) is 0 Å². The van der Waals surface area contributed by atoms with Crippen molar-refractivity contribution in [3.8, 4) is 0 Å². The van der Waals surface area contributed by atoms with E-state index < -0.39 is 11.7 Å². The van der Waals surface area contributed by atoms with Crippen LogP contribution in [0.3, 0.4) is 0 Å². The first-order chi connectivity index (χ1) is 9.55. The molecule has 1 aliphatic rings. The maximum atomic E-state index is 12.7. The number of pyridine rings is 2. The molecule has 0 aliphatic heterocycles. The molecule has 0 spiro atoms. The summed E-state index contributed by atoms with van der Waals surface area (Å²) in [5.74, 6) is 1.03. The van der Waals surface area contributed by atoms with Crippen LogP contribution in [0.1, 0.15) is 35.7 Å². The van der Waals surface area contributed by atoms with Gasteiger partial charge >= 0.3 is 6.18 Å². The van der Waals surface area contributed by atoms with Crippen LogP contribution in [0.5, 0.6) is 0 Å². The van der Waals surface area contributed by atoms with E-state index in [0.717, 1.165) is 36.6 Å². The molecule has 0 bridgehead atoms. The molecule has 2 aromatic rings. The molecular weight excluding hydrogens is 265 g/mol. The summed E-state index contributed by atoms with van der Waals surface area (Å²) >= 11 is 0. The van der Waals surface area contributed by atoms with Crippen molar-refractivity contribution in [3.63, 3.8) is 0 Å². The van der Waals surface area contributed by atoms with Gasteiger partial charge in [0.2, 0.25) is 0 Å². The lowest BCUT2D eigenvalue weighted by atomic mass is 9.70. The fraction of sp³-hybridized carbons (Fsp3) is 0.267. The van der Waals surface area contributed by atoms with Gasteiger partial charge < -0.3 is 0 Å². The zero-order valence-corrected chi connectivity index (χ0v) is 10.6. The van der Waals surface area contributed by atoms with Crippen LogP contribution in [0.15, 0.2) is 42.7 Å². The minimum absolute atomic E-state index is 0.0900. The van der Waals surface area contributed by atoms with Crippen molar-refractivity contribution in [2.45, 2.75) is 24.9 Å². The number of aromatic nitrogens is 2. The Morgan fingerprint density at radius 2 is 1.90 bits per heavy atom. The van der Waals surface area contributed by atoms with E-state index in [0.29, 0.717) is 5.69 Å². The molecule has 3 rings (SSSR count). The molecule has 103 valence electrons. The highest BCUT2D eigenvalue weighted by Gasteiger charge is 2.38. The maximum Gasteiger partial charge on any atom is 0.416 e. The van der Waals surface area contributed by atoms with E-state index in [-0.39, 0.29) is 5.92 Å². The molecule has 0 saturated heterocycles. The molecule has 5 heteroatoms. The van der Waals surface area contributed by atoms with Crippen molar-refractivity contribution in [2.24, 2.45) is 0 Å². The second-order valence-corrected chi connectivity index (χ2v) is 4.80. The molecule has 1 fully saturated rings. The lowest BCUT2D eigenvalue weighted by Gasteiger charge is -2.35. The minimum Gasteiger partial charge on any atom is -0.261 e. The summed E-state index contributed by atoms with van der Waals surface area (Å²) in [6.07, 6.45) is 0.270. The highest BCUT2D eigenvalue weighted by molar-refractivity contribution is 5.39. The number of rotatable bonds is 2. The van der Waals surface area contributed by atoms with Gasteiger partial charge in [-0.15, -0.1) is 0 Å². The maximum absolute atomic E-state index is 12.7. The Bertz CT molecular complexity index is 596. The van der Waals surface area contributed by atoms with Gasteiger partial charge in [-0.1, -0.05) is 6.07 Å². The Morgan fingerprint density at radius 1 is 1.05 bits per heavy atom. The van der Waals surface area contributed by atoms with Crippen LogP contribution in [0, 0.1) is 5.92 Å². The molecule has 0 amide bonds. The molecule has 1 saturated carbocycles. The van der Waals surface area contributed by atoms with Crippen LogP contribution in [0.25, 0.3) is 0 Å². The number of halogens is 3. The first-order valence-electron chi connectivity index (χ1n) is 6.36. The largest absolute Gasteiger partial charge is 0.416 e. The first kappa shape index (κ1) is 13.1. The van der Waals surface area contributed by atoms with E-state index in [1.54, 1.807) is 6.20 Å². The minimum atomic E-state index is -4.33. The van der Waals surface area contributed by atoms with Crippen molar-refractivity contribution < 1.29 is 13.2 Å². The van der Waals surface area contributed by atoms with Gasteiger partial charge in [0.1, 0.15) is 0 Å². The monoisotopic (exact) mass is 277 g/mol. The number of hydrogen-bond acceptors (Lipinski definition) is 2. The highest BCUT2D eigenvalue weighted by Crippen LogP contribution is 2.47. The number of hydrogen-bond donors (Lipinski definition) is 0. The van der Waals surface area contributed by atoms with E-state index in [2.05, 4.69) is 9.97 Å². The molecule has 2 aromatic heterocycles. The van der Waals surface area contributed by atoms with E-state index in [1.165, 1.54) is 6.20 Å². The van der Waals surface area contributed by atoms with Crippen LogP contribution in [-0.2, 0) is 6.18 Å². The Hall–Kier alpha value is -1.91. The van der Waals surface area contributed by atoms with Crippen LogP contribution >= 0.6 is 0 Å². The van der Waals surface area contributed by atoms with Crippen molar-refractivity contribution in [1.29, 1.82) is 0 Å². The molecular formula is C15H12F3N2. The Balaban J connectivity index is 1.87. The van der Waals surface area contributed by atoms with Crippen LogP contribution in [-0.4, -0.2) is 9.97 Å². The van der Waals surface area contributed by atoms with Gasteiger partial charge in [0.25, 0.3) is 0 Å². The SMILES string of the molecule is FC(F)(F)c1ccnc([C]2CC[C@H]2c2ccccn2)c1. The summed E-state index contributed by atoms with van der Waals surface area (Å²) in [6.45, 7) is 0. The smallest absolute Gasteiger partial charge is 0.261 e. The van der Waals surface area contributed by atoms with Gasteiger partial charge in [0.05, 0.1) is 5.56 Å². The molecule has 1 aliphatic carbocycles. The van der Waals surface area contributed by atoms with Crippen molar-refractivity contribution >= 4 is 0 Å². The average molecular weight is 277 g/mol. The molecule has 1 radical (unpaired) electrons. The summed E-state index contributed by atoms with van der Waals surface area (Å²) in [5.41, 5.74) is 0.677. The summed E-state index contributed by atoms with van der Waals surface area (Å²) in [7, 11) is 0. The standard InChI is InChI=1S/C15H12F3N2/c16-15(17,18)10-6-8-20-14(9-10)12-5-4-11(12)13-3-1-2-7-19-13/h1-3,6-9,11H,4-5H2/t11-/m1/s1. The topological polar surface area (TPSA) is 25.8 Å². The van der Waals surface area contributed by atoms with Crippen LogP contribution < -0.4 is 0 Å². The van der Waals surface area contributed by atoms with Crippen molar-refractivity contribution in [2.75, 3.05) is 0 Å². The summed E-state index contributed by atoms with van der Waals surface area (Å²) in [5, 5.41) is 0. The molecule has 2 nitrogen and oxygen atoms in total. The predicted octanol–water partition coefficient (Wildman–Crippen LogP) is 4.00. The van der Waals surface area contributed by atoms with Gasteiger partial charge in [-0.05, 0) is 37.1 Å². The van der Waals surface area contributed by atoms with Crippen molar-refractivity contribution in [1.82, 2.24) is 9.97 Å². The normalized spacial score (nSPS) is 19.6. The van der Waals surface area contributed by atoms with Crippen molar-refractivity contribution in [3.05, 3.63) is 65.6 Å². The zero-order valence-electron chi connectivity index (χ0n) is 10.6. The quantitative estimate of drug-likeness (QED) is 0.829. The molecule has 0 unspecified atom stereocenters. The molecule has 0 N–H and O–H groups in total.